The minimum Gasteiger partial charge on any atom is -0.304 e. The molecule has 3 aromatic rings. The molecule has 0 radical (unpaired) electrons. The van der Waals surface area contributed by atoms with Crippen LogP contribution in [0.5, 0.6) is 0 Å². The van der Waals surface area contributed by atoms with Gasteiger partial charge in [-0.1, -0.05) is 0 Å². The molecule has 0 spiro atoms. The number of amides is 1. The molecule has 1 saturated heterocycles. The molecule has 1 aromatic heterocycles. The molecule has 0 aliphatic carbocycles. The van der Waals surface area contributed by atoms with Crippen molar-refractivity contribution in [3.05, 3.63) is 53.7 Å². The Morgan fingerprint density at radius 1 is 1.12 bits per heavy atom. The molecule has 2 aromatic carbocycles. The van der Waals surface area contributed by atoms with Crippen LogP contribution in [-0.2, 0) is 17.5 Å². The van der Waals surface area contributed by atoms with E-state index in [1.807, 2.05) is 0 Å². The Morgan fingerprint density at radius 3 is 2.47 bits per heavy atom. The number of aromatic nitrogens is 2. The molecule has 0 N–H and O–H groups in total. The molecule has 1 aliphatic heterocycles. The molecule has 0 unspecified atom stereocenters. The number of benzene rings is 2. The van der Waals surface area contributed by atoms with Crippen molar-refractivity contribution in [2.75, 3.05) is 9.80 Å². The smallest absolute Gasteiger partial charge is 0.304 e. The molecular formula is C23H17F3N6OS. The van der Waals surface area contributed by atoms with Gasteiger partial charge >= 0.3 is 6.18 Å². The van der Waals surface area contributed by atoms with Crippen LogP contribution in [0.3, 0.4) is 0 Å². The van der Waals surface area contributed by atoms with Gasteiger partial charge in [0.1, 0.15) is 5.54 Å². The van der Waals surface area contributed by atoms with Crippen LogP contribution in [0.4, 0.5) is 24.5 Å². The van der Waals surface area contributed by atoms with Crippen LogP contribution < -0.4 is 9.80 Å². The summed E-state index contributed by atoms with van der Waals surface area (Å²) in [5, 5.41) is 22.9. The van der Waals surface area contributed by atoms with Gasteiger partial charge in [0, 0.05) is 11.1 Å². The number of anilines is 2. The average Bonchev–Trinajstić information content (AvgIpc) is 3.26. The Bertz CT molecular complexity index is 1410. The number of halogens is 3. The maximum absolute atomic E-state index is 13.5. The first kappa shape index (κ1) is 23.2. The Kier molecular flexibility index (Phi) is 5.54. The number of carbonyl (C=O) groups excluding carboxylic acids is 1. The van der Waals surface area contributed by atoms with E-state index in [1.54, 1.807) is 47.8 Å². The summed E-state index contributed by atoms with van der Waals surface area (Å²) < 4.78 is 42.2. The Hall–Kier alpha value is -3.96. The van der Waals surface area contributed by atoms with Crippen molar-refractivity contribution in [1.29, 1.82) is 10.5 Å². The highest BCUT2D eigenvalue weighted by molar-refractivity contribution is 7.81. The lowest BCUT2D eigenvalue weighted by Crippen LogP contribution is -2.44. The summed E-state index contributed by atoms with van der Waals surface area (Å²) in [5.74, 6) is -0.500. The van der Waals surface area contributed by atoms with Gasteiger partial charge in [-0.05, 0) is 62.5 Å². The SMILES string of the molecule is CC1(C)C(=O)N(c2ccc(C#N)c(C(F)(F)F)c2)C(=S)N1c1ccc2c(cnn2CCC#N)c1. The normalized spacial score (nSPS) is 15.6. The minimum absolute atomic E-state index is 0.0176. The maximum Gasteiger partial charge on any atom is 0.417 e. The highest BCUT2D eigenvalue weighted by atomic mass is 32.1. The van der Waals surface area contributed by atoms with Gasteiger partial charge in [0.25, 0.3) is 5.91 Å². The number of hydrogen-bond donors (Lipinski definition) is 0. The van der Waals surface area contributed by atoms with E-state index in [0.29, 0.717) is 18.7 Å². The molecular weight excluding hydrogens is 465 g/mol. The van der Waals surface area contributed by atoms with Crippen molar-refractivity contribution < 1.29 is 18.0 Å². The summed E-state index contributed by atoms with van der Waals surface area (Å²) in [6, 6.07) is 12.0. The number of thiocarbonyl (C=S) groups is 1. The molecule has 1 aliphatic rings. The van der Waals surface area contributed by atoms with Crippen LogP contribution in [0.15, 0.2) is 42.6 Å². The number of hydrogen-bond acceptors (Lipinski definition) is 5. The number of carbonyl (C=O) groups is 1. The zero-order valence-corrected chi connectivity index (χ0v) is 18.9. The third-order valence-electron chi connectivity index (χ3n) is 5.67. The summed E-state index contributed by atoms with van der Waals surface area (Å²) in [5.41, 5.74) is -1.56. The predicted molar refractivity (Wildman–Crippen MR) is 123 cm³/mol. The highest BCUT2D eigenvalue weighted by Gasteiger charge is 2.50. The van der Waals surface area contributed by atoms with Crippen LogP contribution in [-0.4, -0.2) is 26.3 Å². The largest absolute Gasteiger partial charge is 0.417 e. The molecule has 0 bridgehead atoms. The molecule has 2 heterocycles. The zero-order chi connectivity index (χ0) is 24.8. The number of alkyl halides is 3. The fourth-order valence-corrected chi connectivity index (χ4v) is 4.53. The number of aryl methyl sites for hydroxylation is 1. The summed E-state index contributed by atoms with van der Waals surface area (Å²) in [4.78, 5) is 16.0. The molecule has 1 fully saturated rings. The van der Waals surface area contributed by atoms with Crippen LogP contribution in [0.2, 0.25) is 0 Å². The van der Waals surface area contributed by atoms with Gasteiger partial charge < -0.3 is 4.90 Å². The molecule has 1 amide bonds. The Morgan fingerprint density at radius 2 is 1.82 bits per heavy atom. The summed E-state index contributed by atoms with van der Waals surface area (Å²) in [6.07, 6.45) is -2.83. The van der Waals surface area contributed by atoms with E-state index >= 15 is 0 Å². The molecule has 7 nitrogen and oxygen atoms in total. The van der Waals surface area contributed by atoms with E-state index in [1.165, 1.54) is 12.1 Å². The lowest BCUT2D eigenvalue weighted by atomic mass is 10.0. The van der Waals surface area contributed by atoms with Gasteiger partial charge in [0.2, 0.25) is 0 Å². The van der Waals surface area contributed by atoms with Gasteiger partial charge in [0.15, 0.2) is 5.11 Å². The molecule has 172 valence electrons. The lowest BCUT2D eigenvalue weighted by Gasteiger charge is -2.29. The van der Waals surface area contributed by atoms with Crippen molar-refractivity contribution in [2.24, 2.45) is 0 Å². The summed E-state index contributed by atoms with van der Waals surface area (Å²) in [6.45, 7) is 3.70. The van der Waals surface area contributed by atoms with Crippen LogP contribution in [0.1, 0.15) is 31.4 Å². The average molecular weight is 482 g/mol. The van der Waals surface area contributed by atoms with Crippen molar-refractivity contribution in [1.82, 2.24) is 9.78 Å². The van der Waals surface area contributed by atoms with Gasteiger partial charge in [-0.15, -0.1) is 0 Å². The molecule has 0 saturated carbocycles. The summed E-state index contributed by atoms with van der Waals surface area (Å²) in [7, 11) is 0. The van der Waals surface area contributed by atoms with E-state index in [-0.39, 0.29) is 10.8 Å². The first-order chi connectivity index (χ1) is 16.0. The second-order valence-electron chi connectivity index (χ2n) is 8.18. The maximum atomic E-state index is 13.5. The zero-order valence-electron chi connectivity index (χ0n) is 18.1. The monoisotopic (exact) mass is 482 g/mol. The topological polar surface area (TPSA) is 88.9 Å². The van der Waals surface area contributed by atoms with Gasteiger partial charge in [0.05, 0.1) is 53.6 Å². The molecule has 34 heavy (non-hydrogen) atoms. The van der Waals surface area contributed by atoms with Gasteiger partial charge in [-0.2, -0.15) is 28.8 Å². The van der Waals surface area contributed by atoms with E-state index in [0.717, 1.165) is 27.9 Å². The Labute approximate surface area is 198 Å². The highest BCUT2D eigenvalue weighted by Crippen LogP contribution is 2.40. The van der Waals surface area contributed by atoms with Crippen LogP contribution in [0.25, 0.3) is 10.9 Å². The van der Waals surface area contributed by atoms with Crippen molar-refractivity contribution >= 4 is 45.5 Å². The van der Waals surface area contributed by atoms with E-state index in [4.69, 9.17) is 22.7 Å². The summed E-state index contributed by atoms with van der Waals surface area (Å²) >= 11 is 5.56. The van der Waals surface area contributed by atoms with Crippen molar-refractivity contribution in [3.63, 3.8) is 0 Å². The minimum atomic E-state index is -4.77. The Balaban J connectivity index is 1.76. The third kappa shape index (κ3) is 3.64. The number of nitriles is 2. The number of fused-ring (bicyclic) bond motifs is 1. The van der Waals surface area contributed by atoms with Crippen molar-refractivity contribution in [2.45, 2.75) is 38.5 Å². The molecule has 11 heteroatoms. The second-order valence-corrected chi connectivity index (χ2v) is 8.54. The van der Waals surface area contributed by atoms with Gasteiger partial charge in [-0.25, -0.2) is 0 Å². The molecule has 0 atom stereocenters. The standard InChI is InChI=1S/C23H17F3N6OS/c1-22(2)20(33)31(16-5-4-14(12-28)18(11-16)23(24,25)26)21(34)32(22)17-6-7-19-15(10-17)13-29-30(19)9-3-8-27/h4-7,10-11,13H,3,9H2,1-2H3. The first-order valence-electron chi connectivity index (χ1n) is 10.1. The van der Waals surface area contributed by atoms with E-state index in [2.05, 4.69) is 11.2 Å². The number of rotatable bonds is 4. The van der Waals surface area contributed by atoms with E-state index in [9.17, 15) is 18.0 Å². The van der Waals surface area contributed by atoms with Crippen LogP contribution >= 0.6 is 12.2 Å². The first-order valence-corrected chi connectivity index (χ1v) is 10.5. The van der Waals surface area contributed by atoms with Crippen LogP contribution in [0, 0.1) is 22.7 Å². The van der Waals surface area contributed by atoms with E-state index < -0.39 is 28.7 Å². The van der Waals surface area contributed by atoms with Crippen molar-refractivity contribution in [3.8, 4) is 12.1 Å². The van der Waals surface area contributed by atoms with Gasteiger partial charge in [-0.3, -0.25) is 14.4 Å². The molecule has 4 rings (SSSR count). The number of nitrogens with zero attached hydrogens (tertiary/aromatic N) is 6. The quantitative estimate of drug-likeness (QED) is 0.499. The third-order valence-corrected chi connectivity index (χ3v) is 6.04. The second kappa shape index (κ2) is 8.12. The fourth-order valence-electron chi connectivity index (χ4n) is 4.01. The predicted octanol–water partition coefficient (Wildman–Crippen LogP) is 4.76. The fraction of sp³-hybridized carbons (Fsp3) is 0.261. The lowest BCUT2D eigenvalue weighted by molar-refractivity contribution is -0.137.